The summed E-state index contributed by atoms with van der Waals surface area (Å²) in [5.74, 6) is 0.323. The number of anilines is 1. The number of benzene rings is 1. The molecule has 2 aliphatic rings. The first-order valence-corrected chi connectivity index (χ1v) is 8.14. The number of fused-ring (bicyclic) bond motifs is 4. The molecular formula is C18H17N5O. The van der Waals surface area contributed by atoms with Crippen LogP contribution in [-0.2, 0) is 6.42 Å². The van der Waals surface area contributed by atoms with Crippen LogP contribution >= 0.6 is 0 Å². The highest BCUT2D eigenvalue weighted by molar-refractivity contribution is 5.69. The van der Waals surface area contributed by atoms with E-state index >= 15 is 0 Å². The molecule has 1 aliphatic heterocycles. The summed E-state index contributed by atoms with van der Waals surface area (Å²) < 4.78 is 2.18. The van der Waals surface area contributed by atoms with Crippen molar-refractivity contribution in [2.45, 2.75) is 25.0 Å². The van der Waals surface area contributed by atoms with Crippen LogP contribution in [0.2, 0.25) is 0 Å². The zero-order chi connectivity index (χ0) is 16.3. The molecule has 24 heavy (non-hydrogen) atoms. The Balaban J connectivity index is 1.62. The molecule has 0 spiro atoms. The van der Waals surface area contributed by atoms with Crippen LogP contribution in [0.4, 0.5) is 5.95 Å². The minimum absolute atomic E-state index is 0.0568. The maximum atomic E-state index is 11.0. The molecule has 0 fully saturated rings. The number of aliphatic hydroxyl groups excluding tert-OH is 1. The lowest BCUT2D eigenvalue weighted by Gasteiger charge is -2.34. The smallest absolute Gasteiger partial charge is 0.220 e. The summed E-state index contributed by atoms with van der Waals surface area (Å²) in [6.45, 7) is 0. The molecule has 6 heteroatoms. The molecule has 1 aliphatic carbocycles. The summed E-state index contributed by atoms with van der Waals surface area (Å²) in [5, 5.41) is 11.0. The summed E-state index contributed by atoms with van der Waals surface area (Å²) in [6.07, 6.45) is 6.46. The van der Waals surface area contributed by atoms with Gasteiger partial charge in [-0.05, 0) is 18.4 Å². The average Bonchev–Trinajstić information content (AvgIpc) is 3.16. The molecule has 3 aromatic rings. The lowest BCUT2D eigenvalue weighted by molar-refractivity contribution is 0.0707. The number of aliphatic hydroxyl groups is 1. The number of imidazole rings is 1. The Labute approximate surface area is 139 Å². The van der Waals surface area contributed by atoms with E-state index in [1.807, 2.05) is 18.6 Å². The van der Waals surface area contributed by atoms with E-state index in [0.717, 1.165) is 29.8 Å². The molecule has 0 amide bonds. The normalized spacial score (nSPS) is 24.3. The second kappa shape index (κ2) is 4.88. The molecule has 3 atom stereocenters. The highest BCUT2D eigenvalue weighted by atomic mass is 16.3. The first kappa shape index (κ1) is 13.7. The van der Waals surface area contributed by atoms with Gasteiger partial charge in [0, 0.05) is 23.2 Å². The minimum Gasteiger partial charge on any atom is -0.388 e. The molecule has 0 unspecified atom stereocenters. The number of aryl methyl sites for hydroxylation is 1. The lowest BCUT2D eigenvalue weighted by atomic mass is 9.78. The Morgan fingerprint density at radius 3 is 2.96 bits per heavy atom. The zero-order valence-corrected chi connectivity index (χ0v) is 13.0. The van der Waals surface area contributed by atoms with Gasteiger partial charge in [-0.2, -0.15) is 0 Å². The first-order chi connectivity index (χ1) is 11.7. The van der Waals surface area contributed by atoms with Gasteiger partial charge in [-0.3, -0.25) is 0 Å². The Kier molecular flexibility index (Phi) is 2.78. The average molecular weight is 319 g/mol. The van der Waals surface area contributed by atoms with Crippen molar-refractivity contribution in [2.75, 3.05) is 5.73 Å². The summed E-state index contributed by atoms with van der Waals surface area (Å²) in [4.78, 5) is 12.7. The molecule has 0 saturated heterocycles. The zero-order valence-electron chi connectivity index (χ0n) is 13.0. The van der Waals surface area contributed by atoms with Crippen LogP contribution in [0.25, 0.3) is 11.3 Å². The maximum absolute atomic E-state index is 11.0. The van der Waals surface area contributed by atoms with E-state index in [1.165, 1.54) is 11.1 Å². The van der Waals surface area contributed by atoms with Gasteiger partial charge in [0.05, 0.1) is 36.1 Å². The fourth-order valence-electron chi connectivity index (χ4n) is 4.22. The van der Waals surface area contributed by atoms with Gasteiger partial charge >= 0.3 is 0 Å². The molecular weight excluding hydrogens is 302 g/mol. The maximum Gasteiger partial charge on any atom is 0.220 e. The number of hydrogen-bond acceptors (Lipinski definition) is 5. The van der Waals surface area contributed by atoms with Crippen molar-refractivity contribution < 1.29 is 5.11 Å². The van der Waals surface area contributed by atoms with E-state index in [-0.39, 0.29) is 17.9 Å². The van der Waals surface area contributed by atoms with Crippen molar-refractivity contribution in [3.63, 3.8) is 0 Å². The van der Waals surface area contributed by atoms with Crippen LogP contribution in [0, 0.1) is 5.92 Å². The largest absolute Gasteiger partial charge is 0.388 e. The number of nitrogens with two attached hydrogens (primary N) is 1. The van der Waals surface area contributed by atoms with Crippen molar-refractivity contribution in [2.24, 2.45) is 5.92 Å². The van der Waals surface area contributed by atoms with E-state index < -0.39 is 6.10 Å². The second-order valence-electron chi connectivity index (χ2n) is 6.50. The molecule has 120 valence electrons. The van der Waals surface area contributed by atoms with Crippen LogP contribution in [0.5, 0.6) is 0 Å². The van der Waals surface area contributed by atoms with Crippen molar-refractivity contribution >= 4 is 5.95 Å². The van der Waals surface area contributed by atoms with E-state index in [2.05, 4.69) is 37.7 Å². The van der Waals surface area contributed by atoms with Gasteiger partial charge in [0.25, 0.3) is 0 Å². The van der Waals surface area contributed by atoms with Gasteiger partial charge in [0.2, 0.25) is 5.95 Å². The summed E-state index contributed by atoms with van der Waals surface area (Å²) >= 11 is 0. The molecule has 0 radical (unpaired) electrons. The predicted octanol–water partition coefficient (Wildman–Crippen LogP) is 2.12. The molecule has 0 bridgehead atoms. The van der Waals surface area contributed by atoms with Crippen LogP contribution < -0.4 is 5.73 Å². The van der Waals surface area contributed by atoms with Gasteiger partial charge in [0.15, 0.2) is 0 Å². The highest BCUT2D eigenvalue weighted by Gasteiger charge is 2.40. The Morgan fingerprint density at radius 1 is 1.17 bits per heavy atom. The minimum atomic E-state index is -0.610. The van der Waals surface area contributed by atoms with Crippen LogP contribution in [0.15, 0.2) is 43.0 Å². The van der Waals surface area contributed by atoms with Gasteiger partial charge in [-0.1, -0.05) is 24.3 Å². The van der Waals surface area contributed by atoms with E-state index in [0.29, 0.717) is 0 Å². The lowest BCUT2D eigenvalue weighted by Crippen LogP contribution is -2.29. The van der Waals surface area contributed by atoms with Crippen LogP contribution in [-0.4, -0.2) is 24.6 Å². The summed E-state index contributed by atoms with van der Waals surface area (Å²) in [5.41, 5.74) is 10.9. The van der Waals surface area contributed by atoms with Gasteiger partial charge < -0.3 is 15.4 Å². The highest BCUT2D eigenvalue weighted by Crippen LogP contribution is 2.49. The van der Waals surface area contributed by atoms with Gasteiger partial charge in [-0.25, -0.2) is 15.0 Å². The quantitative estimate of drug-likeness (QED) is 0.717. The molecule has 6 nitrogen and oxygen atoms in total. The predicted molar refractivity (Wildman–Crippen MR) is 89.0 cm³/mol. The molecule has 1 aromatic carbocycles. The van der Waals surface area contributed by atoms with Crippen molar-refractivity contribution in [1.29, 1.82) is 0 Å². The molecule has 5 rings (SSSR count). The Bertz CT molecular complexity index is 935. The van der Waals surface area contributed by atoms with Crippen LogP contribution in [0.1, 0.15) is 35.4 Å². The molecule has 0 saturated carbocycles. The third-order valence-corrected chi connectivity index (χ3v) is 5.28. The van der Waals surface area contributed by atoms with Crippen LogP contribution in [0.3, 0.4) is 0 Å². The molecule has 2 aromatic heterocycles. The van der Waals surface area contributed by atoms with Crippen molar-refractivity contribution in [1.82, 2.24) is 19.5 Å². The molecule has 3 N–H and O–H groups in total. The number of rotatable bonds is 1. The van der Waals surface area contributed by atoms with Crippen molar-refractivity contribution in [3.05, 3.63) is 59.8 Å². The summed E-state index contributed by atoms with van der Waals surface area (Å²) in [6, 6.07) is 8.45. The Morgan fingerprint density at radius 2 is 2.04 bits per heavy atom. The fourth-order valence-corrected chi connectivity index (χ4v) is 4.22. The summed E-state index contributed by atoms with van der Waals surface area (Å²) in [7, 11) is 0. The Hall–Kier alpha value is -2.73. The fraction of sp³-hybridized carbons (Fsp3) is 0.278. The number of nitrogens with zero attached hydrogens (tertiary/aromatic N) is 4. The van der Waals surface area contributed by atoms with Crippen molar-refractivity contribution in [3.8, 4) is 11.3 Å². The number of aromatic nitrogens is 4. The number of hydrogen-bond donors (Lipinski definition) is 2. The third kappa shape index (κ3) is 1.77. The van der Waals surface area contributed by atoms with Gasteiger partial charge in [-0.15, -0.1) is 0 Å². The number of nitrogen functional groups attached to an aromatic ring is 1. The van der Waals surface area contributed by atoms with Gasteiger partial charge in [0.1, 0.15) is 0 Å². The first-order valence-electron chi connectivity index (χ1n) is 8.14. The third-order valence-electron chi connectivity index (χ3n) is 5.28. The SMILES string of the molecule is Nc1ncc2c(n1)CC[C@H]([C@H]1c3ccccc3-c3cncn31)[C@H]2O. The second-order valence-corrected chi connectivity index (χ2v) is 6.50. The molecule has 3 heterocycles. The topological polar surface area (TPSA) is 89.9 Å². The monoisotopic (exact) mass is 319 g/mol. The van der Waals surface area contributed by atoms with E-state index in [4.69, 9.17) is 5.73 Å². The van der Waals surface area contributed by atoms with E-state index in [9.17, 15) is 5.11 Å². The van der Waals surface area contributed by atoms with E-state index in [1.54, 1.807) is 6.20 Å². The standard InChI is InChI=1S/C18H17N5O/c19-18-21-7-13-14(22-18)6-5-12(17(13)24)16-11-4-2-1-3-10(11)15-8-20-9-23(15)16/h1-4,7-9,12,16-17,24H,5-6H2,(H2,19,21,22)/t12-,16-,17-/m1/s1.